The van der Waals surface area contributed by atoms with E-state index in [-0.39, 0.29) is 6.42 Å². The van der Waals surface area contributed by atoms with Crippen LogP contribution >= 0.6 is 0 Å². The maximum absolute atomic E-state index is 11.5. The highest BCUT2D eigenvalue weighted by atomic mass is 16.5. The number of aliphatic carboxylic acids is 1. The van der Waals surface area contributed by atoms with Gasteiger partial charge in [-0.1, -0.05) is 42.5 Å². The van der Waals surface area contributed by atoms with Gasteiger partial charge in [0.25, 0.3) is 0 Å². The third-order valence-corrected chi connectivity index (χ3v) is 2.74. The number of rotatable bonds is 5. The lowest BCUT2D eigenvalue weighted by atomic mass is 9.86. The van der Waals surface area contributed by atoms with Crippen molar-refractivity contribution in [1.82, 2.24) is 0 Å². The molecule has 0 radical (unpaired) electrons. The Morgan fingerprint density at radius 2 is 1.94 bits per heavy atom. The van der Waals surface area contributed by atoms with Crippen molar-refractivity contribution in [2.75, 3.05) is 7.11 Å². The number of methoxy groups -OCH3 is 1. The zero-order valence-corrected chi connectivity index (χ0v) is 10.4. The standard InChI is InChI=1S/C14H16O4/c1-14(12(15)16,13(17)18-2)10-6-9-11-7-4-3-5-8-11/h3-9H,10H2,1-2H3,(H,15,16)/b9-6+/t14-/m0/s1. The molecule has 1 atom stereocenters. The predicted molar refractivity (Wildman–Crippen MR) is 67.9 cm³/mol. The van der Waals surface area contributed by atoms with Crippen LogP contribution in [-0.4, -0.2) is 24.2 Å². The molecule has 0 amide bonds. The van der Waals surface area contributed by atoms with Crippen molar-refractivity contribution in [2.45, 2.75) is 13.3 Å². The van der Waals surface area contributed by atoms with Crippen LogP contribution in [0.25, 0.3) is 6.08 Å². The van der Waals surface area contributed by atoms with E-state index in [2.05, 4.69) is 4.74 Å². The lowest BCUT2D eigenvalue weighted by molar-refractivity contribution is -0.165. The molecule has 1 aromatic carbocycles. The molecule has 4 nitrogen and oxygen atoms in total. The Bertz CT molecular complexity index is 450. The lowest BCUT2D eigenvalue weighted by Gasteiger charge is -2.19. The van der Waals surface area contributed by atoms with Crippen molar-refractivity contribution < 1.29 is 19.4 Å². The molecule has 0 bridgehead atoms. The van der Waals surface area contributed by atoms with Gasteiger partial charge in [-0.15, -0.1) is 0 Å². The van der Waals surface area contributed by atoms with Crippen molar-refractivity contribution in [1.29, 1.82) is 0 Å². The largest absolute Gasteiger partial charge is 0.480 e. The number of hydrogen-bond donors (Lipinski definition) is 1. The van der Waals surface area contributed by atoms with Crippen molar-refractivity contribution in [2.24, 2.45) is 5.41 Å². The highest BCUT2D eigenvalue weighted by Crippen LogP contribution is 2.24. The number of esters is 1. The van der Waals surface area contributed by atoms with Crippen LogP contribution in [0.4, 0.5) is 0 Å². The highest BCUT2D eigenvalue weighted by Gasteiger charge is 2.41. The highest BCUT2D eigenvalue weighted by molar-refractivity contribution is 5.98. The first-order chi connectivity index (χ1) is 8.50. The van der Waals surface area contributed by atoms with E-state index < -0.39 is 17.4 Å². The summed E-state index contributed by atoms with van der Waals surface area (Å²) in [5, 5.41) is 9.10. The number of carbonyl (C=O) groups excluding carboxylic acids is 1. The van der Waals surface area contributed by atoms with E-state index in [1.807, 2.05) is 30.3 Å². The Morgan fingerprint density at radius 3 is 2.44 bits per heavy atom. The molecule has 0 fully saturated rings. The van der Waals surface area contributed by atoms with Crippen LogP contribution in [0.15, 0.2) is 36.4 Å². The van der Waals surface area contributed by atoms with Crippen LogP contribution < -0.4 is 0 Å². The van der Waals surface area contributed by atoms with Gasteiger partial charge in [0.1, 0.15) is 0 Å². The number of allylic oxidation sites excluding steroid dienone is 1. The Morgan fingerprint density at radius 1 is 1.33 bits per heavy atom. The summed E-state index contributed by atoms with van der Waals surface area (Å²) in [6, 6.07) is 9.46. The quantitative estimate of drug-likeness (QED) is 0.641. The van der Waals surface area contributed by atoms with Crippen molar-refractivity contribution in [3.8, 4) is 0 Å². The van der Waals surface area contributed by atoms with Gasteiger partial charge < -0.3 is 9.84 Å². The fraction of sp³-hybridized carbons (Fsp3) is 0.286. The molecular weight excluding hydrogens is 232 g/mol. The summed E-state index contributed by atoms with van der Waals surface area (Å²) in [5.74, 6) is -1.93. The molecule has 0 heterocycles. The van der Waals surface area contributed by atoms with Crippen LogP contribution in [0.5, 0.6) is 0 Å². The van der Waals surface area contributed by atoms with E-state index in [1.54, 1.807) is 12.2 Å². The minimum atomic E-state index is -1.54. The summed E-state index contributed by atoms with van der Waals surface area (Å²) in [7, 11) is 1.18. The maximum atomic E-state index is 11.5. The zero-order valence-electron chi connectivity index (χ0n) is 10.4. The first-order valence-corrected chi connectivity index (χ1v) is 5.54. The second kappa shape index (κ2) is 6.00. The molecule has 96 valence electrons. The minimum absolute atomic E-state index is 0.0872. The minimum Gasteiger partial charge on any atom is -0.480 e. The maximum Gasteiger partial charge on any atom is 0.323 e. The number of ether oxygens (including phenoxy) is 1. The smallest absolute Gasteiger partial charge is 0.323 e. The molecule has 0 unspecified atom stereocenters. The lowest BCUT2D eigenvalue weighted by Crippen LogP contribution is -2.36. The molecule has 4 heteroatoms. The van der Waals surface area contributed by atoms with E-state index >= 15 is 0 Å². The van der Waals surface area contributed by atoms with Gasteiger partial charge in [-0.2, -0.15) is 0 Å². The normalized spacial score (nSPS) is 14.1. The zero-order chi connectivity index (χ0) is 13.6. The SMILES string of the molecule is COC(=O)[C@@](C)(C/C=C/c1ccccc1)C(=O)O. The number of hydrogen-bond acceptors (Lipinski definition) is 3. The molecule has 0 saturated carbocycles. The number of carboxylic acid groups (broad SMARTS) is 1. The number of carboxylic acids is 1. The van der Waals surface area contributed by atoms with Gasteiger partial charge in [0.15, 0.2) is 5.41 Å². The first kappa shape index (κ1) is 14.0. The van der Waals surface area contributed by atoms with Gasteiger partial charge in [0, 0.05) is 0 Å². The van der Waals surface area contributed by atoms with Crippen LogP contribution in [-0.2, 0) is 14.3 Å². The third-order valence-electron chi connectivity index (χ3n) is 2.74. The van der Waals surface area contributed by atoms with Gasteiger partial charge in [-0.25, -0.2) is 0 Å². The first-order valence-electron chi connectivity index (χ1n) is 5.54. The van der Waals surface area contributed by atoms with Gasteiger partial charge in [-0.05, 0) is 18.9 Å². The van der Waals surface area contributed by atoms with Gasteiger partial charge in [-0.3, -0.25) is 9.59 Å². The molecule has 0 aromatic heterocycles. The van der Waals surface area contributed by atoms with E-state index in [0.29, 0.717) is 0 Å². The van der Waals surface area contributed by atoms with E-state index in [9.17, 15) is 9.59 Å². The summed E-state index contributed by atoms with van der Waals surface area (Å²) in [5.41, 5.74) is -0.588. The molecule has 0 saturated heterocycles. The summed E-state index contributed by atoms with van der Waals surface area (Å²) in [6.07, 6.45) is 3.54. The van der Waals surface area contributed by atoms with Crippen LogP contribution in [0.1, 0.15) is 18.9 Å². The summed E-state index contributed by atoms with van der Waals surface area (Å²) >= 11 is 0. The molecule has 1 N–H and O–H groups in total. The molecule has 0 spiro atoms. The molecule has 18 heavy (non-hydrogen) atoms. The molecular formula is C14H16O4. The third kappa shape index (κ3) is 3.20. The summed E-state index contributed by atoms with van der Waals surface area (Å²) in [6.45, 7) is 1.36. The molecule has 0 aliphatic rings. The predicted octanol–water partition coefficient (Wildman–Crippen LogP) is 2.35. The average Bonchev–Trinajstić information content (AvgIpc) is 2.38. The monoisotopic (exact) mass is 248 g/mol. The van der Waals surface area contributed by atoms with Crippen molar-refractivity contribution >= 4 is 18.0 Å². The Kier molecular flexibility index (Phi) is 4.66. The number of carbonyl (C=O) groups is 2. The Labute approximate surface area is 106 Å². The second-order valence-electron chi connectivity index (χ2n) is 4.15. The number of benzene rings is 1. The van der Waals surface area contributed by atoms with Gasteiger partial charge in [0.2, 0.25) is 0 Å². The fourth-order valence-corrected chi connectivity index (χ4v) is 1.48. The molecule has 1 aromatic rings. The van der Waals surface area contributed by atoms with E-state index in [4.69, 9.17) is 5.11 Å². The van der Waals surface area contributed by atoms with Crippen LogP contribution in [0, 0.1) is 5.41 Å². The van der Waals surface area contributed by atoms with Gasteiger partial charge in [0.05, 0.1) is 7.11 Å². The fourth-order valence-electron chi connectivity index (χ4n) is 1.48. The Hall–Kier alpha value is -2.10. The van der Waals surface area contributed by atoms with Crippen molar-refractivity contribution in [3.63, 3.8) is 0 Å². The molecule has 0 aliphatic carbocycles. The topological polar surface area (TPSA) is 63.6 Å². The summed E-state index contributed by atoms with van der Waals surface area (Å²) in [4.78, 5) is 22.6. The molecule has 1 rings (SSSR count). The second-order valence-corrected chi connectivity index (χ2v) is 4.15. The van der Waals surface area contributed by atoms with Crippen molar-refractivity contribution in [3.05, 3.63) is 42.0 Å². The summed E-state index contributed by atoms with van der Waals surface area (Å²) < 4.78 is 4.53. The average molecular weight is 248 g/mol. The van der Waals surface area contributed by atoms with E-state index in [0.717, 1.165) is 5.56 Å². The Balaban J connectivity index is 2.78. The van der Waals surface area contributed by atoms with E-state index in [1.165, 1.54) is 14.0 Å². The van der Waals surface area contributed by atoms with Crippen LogP contribution in [0.3, 0.4) is 0 Å². The van der Waals surface area contributed by atoms with Gasteiger partial charge >= 0.3 is 11.9 Å². The molecule has 0 aliphatic heterocycles. The van der Waals surface area contributed by atoms with Crippen LogP contribution in [0.2, 0.25) is 0 Å².